The van der Waals surface area contributed by atoms with E-state index in [-0.39, 0.29) is 61.6 Å². The SMILES string of the molecule is CC[C@H](C)[C@@H]1NC(=O)CNC(=O)[C@@H]2Cc3c([nH]c4c(CSCCNC(=O)CCOCCOCCOCCOCCN=[N+]=[N-])c(OC)ccc34)[S+]([O-])C[C@H](NC(=O)CNC1=O)C(=O)N[C@@H](CC(N)=O)C(=O)N1C[C@H](O)C[C@H]1C(=O)N[C@@H]([C@@H](C)[C@@H](O)CO)C(=O)N2. The van der Waals surface area contributed by atoms with Crippen molar-refractivity contribution in [3.8, 4) is 5.75 Å². The van der Waals surface area contributed by atoms with Crippen LogP contribution < -0.4 is 53.0 Å². The van der Waals surface area contributed by atoms with Crippen molar-refractivity contribution >= 4 is 92.9 Å². The summed E-state index contributed by atoms with van der Waals surface area (Å²) in [6, 6.07) is -7.06. The van der Waals surface area contributed by atoms with Gasteiger partial charge < -0.3 is 102 Å². The predicted molar refractivity (Wildman–Crippen MR) is 318 cm³/mol. The quantitative estimate of drug-likeness (QED) is 0.0126. The van der Waals surface area contributed by atoms with Crippen LogP contribution in [0, 0.1) is 11.8 Å². The monoisotopic (exact) mass is 1290 g/mol. The maximum atomic E-state index is 15.3. The fourth-order valence-corrected chi connectivity index (χ4v) is 12.0. The van der Waals surface area contributed by atoms with Crippen molar-refractivity contribution < 1.29 is 91.5 Å². The third-order valence-electron chi connectivity index (χ3n) is 14.8. The van der Waals surface area contributed by atoms with Crippen LogP contribution in [0.5, 0.6) is 5.75 Å². The average Bonchev–Trinajstić information content (AvgIpc) is 1.75. The van der Waals surface area contributed by atoms with Gasteiger partial charge in [0, 0.05) is 88.9 Å². The first-order chi connectivity index (χ1) is 42.6. The summed E-state index contributed by atoms with van der Waals surface area (Å²) < 4.78 is 42.7. The van der Waals surface area contributed by atoms with Gasteiger partial charge >= 0.3 is 0 Å². The van der Waals surface area contributed by atoms with Gasteiger partial charge in [-0.3, -0.25) is 47.9 Å². The molecule has 89 heavy (non-hydrogen) atoms. The molecule has 0 saturated carbocycles. The molecule has 0 radical (unpaired) electrons. The Labute approximate surface area is 520 Å². The second-order valence-electron chi connectivity index (χ2n) is 21.1. The van der Waals surface area contributed by atoms with Gasteiger partial charge in [-0.25, -0.2) is 0 Å². The summed E-state index contributed by atoms with van der Waals surface area (Å²) in [5.74, 6) is -11.5. The Kier molecular flexibility index (Phi) is 30.4. The van der Waals surface area contributed by atoms with Crippen molar-refractivity contribution in [2.24, 2.45) is 22.7 Å². The number of nitrogens with one attached hydrogen (secondary N) is 9. The van der Waals surface area contributed by atoms with Crippen molar-refractivity contribution in [1.82, 2.24) is 52.4 Å². The summed E-state index contributed by atoms with van der Waals surface area (Å²) in [5, 5.41) is 55.7. The van der Waals surface area contributed by atoms with E-state index >= 15 is 4.55 Å². The molecule has 5 rings (SSSR count). The number of ether oxygens (including phenoxy) is 5. The van der Waals surface area contributed by atoms with Gasteiger partial charge in [0.25, 0.3) is 0 Å². The first-order valence-corrected chi connectivity index (χ1v) is 31.5. The molecule has 4 heterocycles. The van der Waals surface area contributed by atoms with Crippen molar-refractivity contribution in [2.75, 3.05) is 111 Å². The van der Waals surface area contributed by atoms with E-state index in [0.29, 0.717) is 67.4 Å². The molecular formula is C54H82N14O19S2. The van der Waals surface area contributed by atoms with Crippen LogP contribution in [-0.4, -0.2) is 248 Å². The fourth-order valence-electron chi connectivity index (χ4n) is 9.75. The summed E-state index contributed by atoms with van der Waals surface area (Å²) in [5.41, 5.74) is 14.7. The number of carbonyl (C=O) groups is 10. The zero-order chi connectivity index (χ0) is 65.2. The summed E-state index contributed by atoms with van der Waals surface area (Å²) in [7, 11) is 1.41. The number of nitrogens with two attached hydrogens (primary N) is 1. The number of primary amides is 1. The number of aromatic nitrogens is 1. The maximum absolute atomic E-state index is 15.3. The first kappa shape index (κ1) is 72.7. The minimum absolute atomic E-state index is 0.0645. The molecule has 0 spiro atoms. The molecule has 1 aromatic carbocycles. The van der Waals surface area contributed by atoms with Crippen LogP contribution in [-0.2, 0) is 90.2 Å². The lowest BCUT2D eigenvalue weighted by Crippen LogP contribution is -2.62. The van der Waals surface area contributed by atoms with Crippen LogP contribution in [0.25, 0.3) is 21.3 Å². The number of H-pyrrole nitrogens is 1. The Hall–Kier alpha value is -7.05. The molecule has 14 N–H and O–H groups in total. The zero-order valence-electron chi connectivity index (χ0n) is 50.0. The van der Waals surface area contributed by atoms with Crippen molar-refractivity contribution in [3.63, 3.8) is 0 Å². The van der Waals surface area contributed by atoms with Crippen LogP contribution in [0.4, 0.5) is 0 Å². The number of hydrogen-bond donors (Lipinski definition) is 13. The fraction of sp³-hybridized carbons (Fsp3) is 0.667. The van der Waals surface area contributed by atoms with Gasteiger partial charge in [-0.05, 0) is 23.6 Å². The Morgan fingerprint density at radius 2 is 1.52 bits per heavy atom. The molecule has 3 aliphatic rings. The largest absolute Gasteiger partial charge is 0.610 e. The molecule has 2 bridgehead atoms. The number of azide groups is 1. The van der Waals surface area contributed by atoms with E-state index < -0.39 is 176 Å². The van der Waals surface area contributed by atoms with E-state index in [2.05, 4.69) is 57.5 Å². The second kappa shape index (κ2) is 37.2. The minimum atomic E-state index is -2.46. The summed E-state index contributed by atoms with van der Waals surface area (Å²) in [6.07, 6.45) is -4.55. The molecule has 33 nitrogen and oxygen atoms in total. The van der Waals surface area contributed by atoms with E-state index in [1.165, 1.54) is 25.8 Å². The topological polar surface area (TPSA) is 491 Å². The van der Waals surface area contributed by atoms with E-state index in [1.54, 1.807) is 26.0 Å². The van der Waals surface area contributed by atoms with Gasteiger partial charge in [-0.15, -0.1) is 0 Å². The normalized spacial score (nSPS) is 23.6. The lowest BCUT2D eigenvalue weighted by atomic mass is 9.93. The molecule has 494 valence electrons. The number of carbonyl (C=O) groups excluding carboxylic acids is 10. The second-order valence-corrected chi connectivity index (χ2v) is 23.7. The number of aromatic amines is 1. The summed E-state index contributed by atoms with van der Waals surface area (Å²) in [4.78, 5) is 146. The van der Waals surface area contributed by atoms with Crippen LogP contribution in [0.3, 0.4) is 0 Å². The number of thioether (sulfide) groups is 1. The summed E-state index contributed by atoms with van der Waals surface area (Å²) >= 11 is -1.10. The van der Waals surface area contributed by atoms with Gasteiger partial charge in [-0.1, -0.05) is 32.3 Å². The number of rotatable bonds is 28. The van der Waals surface area contributed by atoms with Crippen LogP contribution in [0.2, 0.25) is 0 Å². The van der Waals surface area contributed by atoms with E-state index in [1.807, 2.05) is 0 Å². The van der Waals surface area contributed by atoms with Crippen LogP contribution >= 0.6 is 11.8 Å². The first-order valence-electron chi connectivity index (χ1n) is 29.0. The predicted octanol–water partition coefficient (Wildman–Crippen LogP) is -4.50. The summed E-state index contributed by atoms with van der Waals surface area (Å²) in [6.45, 7) is 4.40. The zero-order valence-corrected chi connectivity index (χ0v) is 51.7. The molecule has 1 unspecified atom stereocenters. The van der Waals surface area contributed by atoms with Crippen LogP contribution in [0.15, 0.2) is 22.3 Å². The number of hydrogen-bond acceptors (Lipinski definition) is 21. The molecule has 2 aromatic rings. The highest BCUT2D eigenvalue weighted by molar-refractivity contribution is 7.98. The molecular weight excluding hydrogens is 1210 g/mol. The third kappa shape index (κ3) is 22.1. The van der Waals surface area contributed by atoms with Gasteiger partial charge in [-0.2, -0.15) is 11.8 Å². The van der Waals surface area contributed by atoms with Crippen molar-refractivity contribution in [2.45, 2.75) is 112 Å². The molecule has 11 atom stereocenters. The van der Waals surface area contributed by atoms with Crippen molar-refractivity contribution in [3.05, 3.63) is 33.7 Å². The molecule has 1 fully saturated rings. The molecule has 0 aliphatic carbocycles. The number of aliphatic hydroxyl groups excluding tert-OH is 3. The number of fused-ring (bicyclic) bond motifs is 5. The molecule has 10 amide bonds. The maximum Gasteiger partial charge on any atom is 0.248 e. The minimum Gasteiger partial charge on any atom is -0.610 e. The Morgan fingerprint density at radius 3 is 2.16 bits per heavy atom. The molecule has 35 heteroatoms. The number of aliphatic hydroxyl groups is 3. The Balaban J connectivity index is 1.50. The highest BCUT2D eigenvalue weighted by Gasteiger charge is 2.45. The lowest BCUT2D eigenvalue weighted by molar-refractivity contribution is -0.144. The Morgan fingerprint density at radius 1 is 0.865 bits per heavy atom. The van der Waals surface area contributed by atoms with Gasteiger partial charge in [0.05, 0.1) is 104 Å². The number of amides is 10. The van der Waals surface area contributed by atoms with E-state index in [0.717, 1.165) is 4.90 Å². The third-order valence-corrected chi connectivity index (χ3v) is 17.2. The highest BCUT2D eigenvalue weighted by Crippen LogP contribution is 2.37. The molecule has 1 aromatic heterocycles. The van der Waals surface area contributed by atoms with Gasteiger partial charge in [0.1, 0.15) is 41.7 Å². The Bertz CT molecular complexity index is 2830. The standard InChI is InChI=1S/C54H82N14O19S2/c1-5-29(2)45-51(79)59-23-43(74)61-37-28-89(82)53-33(32-6-7-40(83-4)34(47(32)66-53)27-88-19-10-57-42(73)8-11-84-13-15-86-17-18-87-16-14-85-12-9-60-67-56)21-35(48(76)58-24-44(75)64-45)62-52(80)46(30(3)39(71)26-69)65-50(78)38-20-31(70)25-68(38)54(81)36(22-41(55)72)63-49(37)77/h6-7,29-31,35-39,45-46,66,69-71H,5,8-28H2,1-4H3,(H2,55,72)(H,57,73)(H,58,76)(H,59,79)(H,61,74)(H,62,80)(H,63,77)(H,64,75)(H,65,78)/t29-,30-,31+,35-,36-,37-,38-,39-,45-,46-,89?/m0/s1. The van der Waals surface area contributed by atoms with Gasteiger partial charge in [0.2, 0.25) is 64.1 Å². The van der Waals surface area contributed by atoms with E-state index in [9.17, 15) is 63.3 Å². The molecule has 1 saturated heterocycles. The van der Waals surface area contributed by atoms with Crippen LogP contribution in [0.1, 0.15) is 57.6 Å². The van der Waals surface area contributed by atoms with Gasteiger partial charge in [0.15, 0.2) is 6.04 Å². The average molecular weight is 1300 g/mol. The lowest BCUT2D eigenvalue weighted by Gasteiger charge is -2.32. The smallest absolute Gasteiger partial charge is 0.248 e. The number of nitrogens with zero attached hydrogens (tertiary/aromatic N) is 4. The molecule has 3 aliphatic heterocycles. The highest BCUT2D eigenvalue weighted by atomic mass is 32.2. The number of benzene rings is 1. The number of methoxy groups -OCH3 is 1. The van der Waals surface area contributed by atoms with Crippen molar-refractivity contribution in [1.29, 1.82) is 0 Å². The van der Waals surface area contributed by atoms with E-state index in [4.69, 9.17) is 34.9 Å².